The van der Waals surface area contributed by atoms with Gasteiger partial charge in [0.2, 0.25) is 0 Å². The summed E-state index contributed by atoms with van der Waals surface area (Å²) in [6.45, 7) is 0.717. The average Bonchev–Trinajstić information content (AvgIpc) is 2.28. The van der Waals surface area contributed by atoms with Crippen molar-refractivity contribution in [3.8, 4) is 0 Å². The number of aliphatic hydroxyl groups is 1. The van der Waals surface area contributed by atoms with Gasteiger partial charge in [0.15, 0.2) is 5.43 Å². The van der Waals surface area contributed by atoms with Crippen LogP contribution in [0.3, 0.4) is 0 Å². The van der Waals surface area contributed by atoms with Crippen LogP contribution in [0.1, 0.15) is 6.42 Å². The second kappa shape index (κ2) is 4.63. The highest BCUT2D eigenvalue weighted by Gasteiger charge is 2.04. The van der Waals surface area contributed by atoms with Crippen LogP contribution in [0.5, 0.6) is 0 Å². The van der Waals surface area contributed by atoms with Crippen LogP contribution < -0.4 is 5.43 Å². The van der Waals surface area contributed by atoms with Crippen LogP contribution in [0.15, 0.2) is 29.2 Å². The Morgan fingerprint density at radius 1 is 1.38 bits per heavy atom. The lowest BCUT2D eigenvalue weighted by Gasteiger charge is -2.08. The number of nitrogens with zero attached hydrogens (tertiary/aromatic N) is 2. The van der Waals surface area contributed by atoms with Crippen molar-refractivity contribution < 1.29 is 5.11 Å². The first-order chi connectivity index (χ1) is 7.72. The van der Waals surface area contributed by atoms with Crippen LogP contribution in [0.25, 0.3) is 11.0 Å². The van der Waals surface area contributed by atoms with E-state index in [2.05, 4.69) is 4.98 Å². The van der Waals surface area contributed by atoms with Crippen molar-refractivity contribution in [1.82, 2.24) is 9.55 Å². The van der Waals surface area contributed by atoms with E-state index >= 15 is 0 Å². The van der Waals surface area contributed by atoms with Crippen molar-refractivity contribution in [3.05, 3.63) is 39.8 Å². The fraction of sp³-hybridized carbons (Fsp3) is 0.273. The van der Waals surface area contributed by atoms with Crippen molar-refractivity contribution in [1.29, 1.82) is 0 Å². The van der Waals surface area contributed by atoms with E-state index in [-0.39, 0.29) is 12.0 Å². The summed E-state index contributed by atoms with van der Waals surface area (Å²) in [7, 11) is 0. The SMILES string of the molecule is O=c1ccn(CCCO)c2nc(Cl)ccc12. The largest absolute Gasteiger partial charge is 0.396 e. The van der Waals surface area contributed by atoms with Crippen LogP contribution in [0, 0.1) is 0 Å². The minimum Gasteiger partial charge on any atom is -0.396 e. The van der Waals surface area contributed by atoms with Crippen molar-refractivity contribution in [2.24, 2.45) is 0 Å². The van der Waals surface area contributed by atoms with Crippen molar-refractivity contribution in [2.45, 2.75) is 13.0 Å². The summed E-state index contributed by atoms with van der Waals surface area (Å²) in [6.07, 6.45) is 2.29. The lowest BCUT2D eigenvalue weighted by atomic mass is 10.2. The molecule has 4 nitrogen and oxygen atoms in total. The average molecular weight is 239 g/mol. The Labute approximate surface area is 97.1 Å². The lowest BCUT2D eigenvalue weighted by Crippen LogP contribution is -2.10. The number of halogens is 1. The van der Waals surface area contributed by atoms with Gasteiger partial charge >= 0.3 is 0 Å². The van der Waals surface area contributed by atoms with Gasteiger partial charge in [0.05, 0.1) is 5.39 Å². The summed E-state index contributed by atoms with van der Waals surface area (Å²) < 4.78 is 1.82. The normalized spacial score (nSPS) is 10.9. The van der Waals surface area contributed by atoms with E-state index < -0.39 is 0 Å². The van der Waals surface area contributed by atoms with Gasteiger partial charge in [0, 0.05) is 25.4 Å². The molecule has 0 aliphatic rings. The van der Waals surface area contributed by atoms with Crippen molar-refractivity contribution in [3.63, 3.8) is 0 Å². The molecule has 0 aliphatic heterocycles. The Morgan fingerprint density at radius 3 is 2.94 bits per heavy atom. The smallest absolute Gasteiger partial charge is 0.191 e. The quantitative estimate of drug-likeness (QED) is 0.824. The summed E-state index contributed by atoms with van der Waals surface area (Å²) in [5.41, 5.74) is 0.493. The first-order valence-electron chi connectivity index (χ1n) is 4.99. The standard InChI is InChI=1S/C11H11ClN2O2/c12-10-3-2-8-9(16)4-6-14(5-1-7-15)11(8)13-10/h2-4,6,15H,1,5,7H2. The number of aryl methyl sites for hydroxylation is 1. The number of aromatic nitrogens is 2. The van der Waals surface area contributed by atoms with Crippen LogP contribution in [-0.2, 0) is 6.54 Å². The Morgan fingerprint density at radius 2 is 2.19 bits per heavy atom. The zero-order valence-electron chi connectivity index (χ0n) is 8.56. The molecule has 0 atom stereocenters. The highest BCUT2D eigenvalue weighted by atomic mass is 35.5. The molecule has 2 heterocycles. The molecule has 16 heavy (non-hydrogen) atoms. The van der Waals surface area contributed by atoms with Crippen molar-refractivity contribution >= 4 is 22.6 Å². The number of rotatable bonds is 3. The second-order valence-corrected chi connectivity index (χ2v) is 3.84. The molecule has 2 rings (SSSR count). The number of pyridine rings is 2. The van der Waals surface area contributed by atoms with Gasteiger partial charge in [-0.3, -0.25) is 4.79 Å². The summed E-state index contributed by atoms with van der Waals surface area (Å²) in [4.78, 5) is 15.7. The van der Waals surface area contributed by atoms with E-state index in [1.165, 1.54) is 6.07 Å². The Kier molecular flexibility index (Phi) is 3.22. The molecule has 0 amide bonds. The van der Waals surface area contributed by atoms with Crippen LogP contribution in [0.4, 0.5) is 0 Å². The molecule has 0 saturated carbocycles. The minimum atomic E-state index is -0.0700. The molecule has 1 N–H and O–H groups in total. The van der Waals surface area contributed by atoms with E-state index in [4.69, 9.17) is 16.7 Å². The highest BCUT2D eigenvalue weighted by molar-refractivity contribution is 6.29. The maximum Gasteiger partial charge on any atom is 0.191 e. The molecular formula is C11H11ClN2O2. The molecule has 0 bridgehead atoms. The van der Waals surface area contributed by atoms with Crippen LogP contribution in [-0.4, -0.2) is 21.3 Å². The molecule has 2 aromatic heterocycles. The number of fused-ring (bicyclic) bond motifs is 1. The van der Waals surface area contributed by atoms with E-state index in [0.717, 1.165) is 0 Å². The van der Waals surface area contributed by atoms with Crippen molar-refractivity contribution in [2.75, 3.05) is 6.61 Å². The zero-order valence-corrected chi connectivity index (χ0v) is 9.31. The van der Waals surface area contributed by atoms with Gasteiger partial charge in [-0.25, -0.2) is 4.98 Å². The molecule has 0 radical (unpaired) electrons. The summed E-state index contributed by atoms with van der Waals surface area (Å²) >= 11 is 5.80. The van der Waals surface area contributed by atoms with Gasteiger partial charge in [-0.15, -0.1) is 0 Å². The summed E-state index contributed by atoms with van der Waals surface area (Å²) in [5, 5.41) is 9.69. The predicted molar refractivity (Wildman–Crippen MR) is 62.7 cm³/mol. The second-order valence-electron chi connectivity index (χ2n) is 3.46. The predicted octanol–water partition coefficient (Wildman–Crippen LogP) is 1.43. The fourth-order valence-electron chi connectivity index (χ4n) is 1.58. The van der Waals surface area contributed by atoms with E-state index in [1.807, 2.05) is 4.57 Å². The topological polar surface area (TPSA) is 55.1 Å². The third-order valence-electron chi connectivity index (χ3n) is 2.34. The van der Waals surface area contributed by atoms with E-state index in [9.17, 15) is 4.79 Å². The first-order valence-corrected chi connectivity index (χ1v) is 5.37. The Balaban J connectivity index is 2.61. The number of hydrogen-bond acceptors (Lipinski definition) is 3. The third kappa shape index (κ3) is 2.08. The van der Waals surface area contributed by atoms with Gasteiger partial charge in [-0.05, 0) is 18.6 Å². The molecule has 0 aliphatic carbocycles. The molecule has 0 aromatic carbocycles. The Hall–Kier alpha value is -1.39. The molecule has 0 saturated heterocycles. The molecule has 84 valence electrons. The lowest BCUT2D eigenvalue weighted by molar-refractivity contribution is 0.280. The summed E-state index contributed by atoms with van der Waals surface area (Å²) in [6, 6.07) is 4.76. The number of aliphatic hydroxyl groups excluding tert-OH is 1. The maximum absolute atomic E-state index is 11.6. The van der Waals surface area contributed by atoms with E-state index in [0.29, 0.717) is 29.2 Å². The molecule has 5 heteroatoms. The van der Waals surface area contributed by atoms with Crippen LogP contribution in [0.2, 0.25) is 5.15 Å². The molecule has 0 spiro atoms. The first kappa shape index (κ1) is 11.1. The monoisotopic (exact) mass is 238 g/mol. The molecule has 2 aromatic rings. The maximum atomic E-state index is 11.6. The fourth-order valence-corrected chi connectivity index (χ4v) is 1.72. The van der Waals surface area contributed by atoms with Crippen LogP contribution >= 0.6 is 11.6 Å². The minimum absolute atomic E-state index is 0.0700. The number of hydrogen-bond donors (Lipinski definition) is 1. The molecular weight excluding hydrogens is 228 g/mol. The van der Waals surface area contributed by atoms with Gasteiger partial charge < -0.3 is 9.67 Å². The van der Waals surface area contributed by atoms with Gasteiger partial charge in [0.1, 0.15) is 10.8 Å². The highest BCUT2D eigenvalue weighted by Crippen LogP contribution is 2.12. The third-order valence-corrected chi connectivity index (χ3v) is 2.55. The van der Waals surface area contributed by atoms with E-state index in [1.54, 1.807) is 18.3 Å². The Bertz CT molecular complexity index is 565. The van der Waals surface area contributed by atoms with Gasteiger partial charge in [0.25, 0.3) is 0 Å². The van der Waals surface area contributed by atoms with Gasteiger partial charge in [-0.1, -0.05) is 11.6 Å². The summed E-state index contributed by atoms with van der Waals surface area (Å²) in [5.74, 6) is 0. The van der Waals surface area contributed by atoms with Gasteiger partial charge in [-0.2, -0.15) is 0 Å². The molecule has 0 unspecified atom stereocenters. The zero-order chi connectivity index (χ0) is 11.5. The molecule has 0 fully saturated rings.